The third-order valence-corrected chi connectivity index (χ3v) is 3.71. The highest BCUT2D eigenvalue weighted by atomic mass is 32.1. The number of hydrogen-bond acceptors (Lipinski definition) is 4. The second-order valence-electron chi connectivity index (χ2n) is 6.35. The van der Waals surface area contributed by atoms with Crippen LogP contribution in [0.1, 0.15) is 51.7 Å². The van der Waals surface area contributed by atoms with E-state index in [1.54, 1.807) is 11.3 Å². The molecule has 1 heterocycles. The smallest absolute Gasteiger partial charge is 0.107 e. The Kier molecular flexibility index (Phi) is 6.97. The normalized spacial score (nSPS) is 12.3. The Morgan fingerprint density at radius 2 is 2.05 bits per heavy atom. The summed E-state index contributed by atoms with van der Waals surface area (Å²) in [6.45, 7) is 14.4. The molecule has 1 N–H and O–H groups in total. The van der Waals surface area contributed by atoms with E-state index in [2.05, 4.69) is 50.3 Å². The molecule has 4 heteroatoms. The molecular formula is C15H28N2OS. The molecule has 1 rings (SSSR count). The zero-order chi connectivity index (χ0) is 14.3. The largest absolute Gasteiger partial charge is 0.380 e. The Bertz CT molecular complexity index is 355. The molecule has 3 nitrogen and oxygen atoms in total. The van der Waals surface area contributed by atoms with Crippen molar-refractivity contribution >= 4 is 11.3 Å². The van der Waals surface area contributed by atoms with E-state index in [1.165, 1.54) is 5.69 Å². The summed E-state index contributed by atoms with van der Waals surface area (Å²) in [5, 5.41) is 6.70. The molecule has 19 heavy (non-hydrogen) atoms. The molecule has 0 fully saturated rings. The summed E-state index contributed by atoms with van der Waals surface area (Å²) in [6, 6.07) is 0. The first-order valence-corrected chi connectivity index (χ1v) is 8.01. The van der Waals surface area contributed by atoms with E-state index in [0.29, 0.717) is 0 Å². The maximum absolute atomic E-state index is 5.56. The zero-order valence-electron chi connectivity index (χ0n) is 13.0. The number of nitrogens with one attached hydrogen (secondary N) is 1. The third-order valence-electron chi connectivity index (χ3n) is 2.86. The zero-order valence-corrected chi connectivity index (χ0v) is 13.8. The minimum atomic E-state index is 0.148. The van der Waals surface area contributed by atoms with Crippen LogP contribution < -0.4 is 5.32 Å². The molecule has 1 aromatic heterocycles. The van der Waals surface area contributed by atoms with Crippen LogP contribution in [-0.2, 0) is 16.7 Å². The van der Waals surface area contributed by atoms with Gasteiger partial charge in [-0.1, -0.05) is 34.6 Å². The lowest BCUT2D eigenvalue weighted by atomic mass is 9.93. The monoisotopic (exact) mass is 284 g/mol. The van der Waals surface area contributed by atoms with Crippen molar-refractivity contribution in [3.05, 3.63) is 16.1 Å². The molecule has 0 bridgehead atoms. The Labute approximate surface area is 121 Å². The van der Waals surface area contributed by atoms with Crippen LogP contribution in [0.25, 0.3) is 0 Å². The van der Waals surface area contributed by atoms with E-state index in [9.17, 15) is 0 Å². The lowest BCUT2D eigenvalue weighted by molar-refractivity contribution is 0.125. The van der Waals surface area contributed by atoms with Crippen molar-refractivity contribution in [2.24, 2.45) is 5.92 Å². The molecule has 0 saturated carbocycles. The molecule has 0 amide bonds. The number of thiazole rings is 1. The summed E-state index contributed by atoms with van der Waals surface area (Å²) < 4.78 is 5.56. The predicted molar refractivity (Wildman–Crippen MR) is 82.8 cm³/mol. The van der Waals surface area contributed by atoms with Crippen molar-refractivity contribution < 1.29 is 4.74 Å². The van der Waals surface area contributed by atoms with Gasteiger partial charge in [0.2, 0.25) is 0 Å². The van der Waals surface area contributed by atoms with E-state index < -0.39 is 0 Å². The van der Waals surface area contributed by atoms with Gasteiger partial charge >= 0.3 is 0 Å². The van der Waals surface area contributed by atoms with Gasteiger partial charge in [0.05, 0.1) is 12.3 Å². The van der Waals surface area contributed by atoms with E-state index in [0.717, 1.165) is 43.6 Å². The fraction of sp³-hybridized carbons (Fsp3) is 0.800. The van der Waals surface area contributed by atoms with Gasteiger partial charge in [-0.3, -0.25) is 0 Å². The van der Waals surface area contributed by atoms with E-state index >= 15 is 0 Å². The van der Waals surface area contributed by atoms with E-state index in [4.69, 9.17) is 4.74 Å². The first-order chi connectivity index (χ1) is 8.89. The molecule has 110 valence electrons. The average molecular weight is 284 g/mol. The average Bonchev–Trinajstić information content (AvgIpc) is 2.75. The highest BCUT2D eigenvalue weighted by Gasteiger charge is 2.16. The van der Waals surface area contributed by atoms with Crippen LogP contribution in [0.3, 0.4) is 0 Å². The third kappa shape index (κ3) is 7.04. The van der Waals surface area contributed by atoms with Crippen molar-refractivity contribution in [3.63, 3.8) is 0 Å². The second kappa shape index (κ2) is 7.98. The predicted octanol–water partition coefficient (Wildman–Crippen LogP) is 3.59. The maximum Gasteiger partial charge on any atom is 0.107 e. The first kappa shape index (κ1) is 16.6. The van der Waals surface area contributed by atoms with Gasteiger partial charge in [0.25, 0.3) is 0 Å². The van der Waals surface area contributed by atoms with Crippen molar-refractivity contribution in [1.29, 1.82) is 0 Å². The highest BCUT2D eigenvalue weighted by Crippen LogP contribution is 2.23. The fourth-order valence-electron chi connectivity index (χ4n) is 1.50. The summed E-state index contributed by atoms with van der Waals surface area (Å²) in [5.74, 6) is 0.721. The number of aromatic nitrogens is 1. The van der Waals surface area contributed by atoms with Crippen LogP contribution >= 0.6 is 11.3 Å². The molecule has 0 aromatic carbocycles. The quantitative estimate of drug-likeness (QED) is 0.741. The highest BCUT2D eigenvalue weighted by molar-refractivity contribution is 7.09. The summed E-state index contributed by atoms with van der Waals surface area (Å²) in [5.41, 5.74) is 1.33. The van der Waals surface area contributed by atoms with Gasteiger partial charge in [-0.25, -0.2) is 4.98 Å². The molecule has 0 spiro atoms. The van der Waals surface area contributed by atoms with Gasteiger partial charge in [-0.15, -0.1) is 11.3 Å². The van der Waals surface area contributed by atoms with Crippen LogP contribution in [0, 0.1) is 5.92 Å². The van der Waals surface area contributed by atoms with Crippen LogP contribution in [0.2, 0.25) is 0 Å². The first-order valence-electron chi connectivity index (χ1n) is 7.13. The standard InChI is InChI=1S/C15H28N2OS/c1-12(2)6-8-18-9-7-16-10-14-17-13(11-19-14)15(3,4)5/h11-12,16H,6-10H2,1-5H3. The van der Waals surface area contributed by atoms with Crippen molar-refractivity contribution in [2.75, 3.05) is 19.8 Å². The van der Waals surface area contributed by atoms with Crippen LogP contribution in [0.5, 0.6) is 0 Å². The van der Waals surface area contributed by atoms with Crippen LogP contribution in [0.4, 0.5) is 0 Å². The number of ether oxygens (including phenoxy) is 1. The van der Waals surface area contributed by atoms with Gasteiger partial charge in [0.1, 0.15) is 5.01 Å². The minimum absolute atomic E-state index is 0.148. The topological polar surface area (TPSA) is 34.1 Å². The van der Waals surface area contributed by atoms with Crippen LogP contribution in [-0.4, -0.2) is 24.7 Å². The van der Waals surface area contributed by atoms with Gasteiger partial charge in [0, 0.05) is 30.5 Å². The number of rotatable bonds is 8. The minimum Gasteiger partial charge on any atom is -0.380 e. The molecule has 0 aliphatic carbocycles. The lowest BCUT2D eigenvalue weighted by Crippen LogP contribution is -2.20. The molecule has 0 aliphatic rings. The van der Waals surface area contributed by atoms with Crippen molar-refractivity contribution in [1.82, 2.24) is 10.3 Å². The molecule has 0 unspecified atom stereocenters. The Balaban J connectivity index is 2.11. The maximum atomic E-state index is 5.56. The number of hydrogen-bond donors (Lipinski definition) is 1. The Morgan fingerprint density at radius 1 is 1.32 bits per heavy atom. The lowest BCUT2D eigenvalue weighted by Gasteiger charge is -2.14. The number of nitrogens with zero attached hydrogens (tertiary/aromatic N) is 1. The van der Waals surface area contributed by atoms with E-state index in [-0.39, 0.29) is 5.41 Å². The molecule has 0 atom stereocenters. The Hall–Kier alpha value is -0.450. The summed E-state index contributed by atoms with van der Waals surface area (Å²) in [4.78, 5) is 4.65. The Morgan fingerprint density at radius 3 is 2.63 bits per heavy atom. The molecule has 0 saturated heterocycles. The molecular weight excluding hydrogens is 256 g/mol. The SMILES string of the molecule is CC(C)CCOCCNCc1nc(C(C)(C)C)cs1. The summed E-state index contributed by atoms with van der Waals surface area (Å²) in [6.07, 6.45) is 1.14. The van der Waals surface area contributed by atoms with E-state index in [1.807, 2.05) is 0 Å². The van der Waals surface area contributed by atoms with Crippen molar-refractivity contribution in [2.45, 2.75) is 53.0 Å². The summed E-state index contributed by atoms with van der Waals surface area (Å²) >= 11 is 1.73. The fourth-order valence-corrected chi connectivity index (χ4v) is 2.49. The molecule has 1 aromatic rings. The van der Waals surface area contributed by atoms with Gasteiger partial charge in [-0.05, 0) is 12.3 Å². The van der Waals surface area contributed by atoms with Gasteiger partial charge in [0.15, 0.2) is 0 Å². The van der Waals surface area contributed by atoms with Crippen molar-refractivity contribution in [3.8, 4) is 0 Å². The second-order valence-corrected chi connectivity index (χ2v) is 7.29. The molecule has 0 aliphatic heterocycles. The molecule has 0 radical (unpaired) electrons. The van der Waals surface area contributed by atoms with Gasteiger partial charge < -0.3 is 10.1 Å². The van der Waals surface area contributed by atoms with Gasteiger partial charge in [-0.2, -0.15) is 0 Å². The van der Waals surface area contributed by atoms with Crippen LogP contribution in [0.15, 0.2) is 5.38 Å². The summed E-state index contributed by atoms with van der Waals surface area (Å²) in [7, 11) is 0.